The third kappa shape index (κ3) is 5.31. The van der Waals surface area contributed by atoms with E-state index in [2.05, 4.69) is 19.9 Å². The zero-order chi connectivity index (χ0) is 19.1. The molecular formula is C26H45N. The summed E-state index contributed by atoms with van der Waals surface area (Å²) in [5.41, 5.74) is 0.0477. The molecule has 3 saturated carbocycles. The lowest BCUT2D eigenvalue weighted by molar-refractivity contribution is 0.0650. The minimum Gasteiger partial charge on any atom is -0.198 e. The van der Waals surface area contributed by atoms with Crippen LogP contribution in [0.15, 0.2) is 0 Å². The number of hydrogen-bond acceptors (Lipinski definition) is 1. The van der Waals surface area contributed by atoms with E-state index in [0.717, 1.165) is 23.7 Å². The molecule has 0 unspecified atom stereocenters. The van der Waals surface area contributed by atoms with Crippen LogP contribution in [0.5, 0.6) is 0 Å². The molecule has 0 bridgehead atoms. The summed E-state index contributed by atoms with van der Waals surface area (Å²) < 4.78 is 0. The monoisotopic (exact) mass is 371 g/mol. The van der Waals surface area contributed by atoms with Crippen LogP contribution < -0.4 is 0 Å². The van der Waals surface area contributed by atoms with Crippen LogP contribution in [0.4, 0.5) is 0 Å². The Balaban J connectivity index is 1.45. The summed E-state index contributed by atoms with van der Waals surface area (Å²) >= 11 is 0. The number of unbranched alkanes of at least 4 members (excludes halogenated alkanes) is 2. The first kappa shape index (κ1) is 21.2. The van der Waals surface area contributed by atoms with Crippen molar-refractivity contribution in [3.63, 3.8) is 0 Å². The van der Waals surface area contributed by atoms with Crippen molar-refractivity contribution >= 4 is 0 Å². The van der Waals surface area contributed by atoms with Crippen LogP contribution in [0.2, 0.25) is 0 Å². The Hall–Kier alpha value is -0.510. The fraction of sp³-hybridized carbons (Fsp3) is 0.962. The maximum Gasteiger partial charge on any atom is 0.0692 e. The first-order chi connectivity index (χ1) is 13.2. The van der Waals surface area contributed by atoms with Gasteiger partial charge in [-0.05, 0) is 93.8 Å². The molecule has 3 rings (SSSR count). The molecule has 1 heteroatoms. The van der Waals surface area contributed by atoms with Crippen LogP contribution in [0.1, 0.15) is 123 Å². The Morgan fingerprint density at radius 2 is 1.33 bits per heavy atom. The lowest BCUT2D eigenvalue weighted by Crippen LogP contribution is -2.37. The quantitative estimate of drug-likeness (QED) is 0.413. The number of rotatable bonds is 7. The Kier molecular flexibility index (Phi) is 8.10. The minimum atomic E-state index is 0.0477. The van der Waals surface area contributed by atoms with Gasteiger partial charge in [-0.2, -0.15) is 5.26 Å². The molecule has 0 aromatic rings. The maximum atomic E-state index is 10.1. The molecule has 1 nitrogen and oxygen atoms in total. The summed E-state index contributed by atoms with van der Waals surface area (Å²) in [4.78, 5) is 0. The molecule has 27 heavy (non-hydrogen) atoms. The highest BCUT2D eigenvalue weighted by atomic mass is 14.5. The Labute approximate surface area is 169 Å². The molecule has 0 N–H and O–H groups in total. The molecule has 0 heterocycles. The van der Waals surface area contributed by atoms with Gasteiger partial charge in [-0.25, -0.2) is 0 Å². The Bertz CT molecular complexity index is 451. The summed E-state index contributed by atoms with van der Waals surface area (Å²) in [5.74, 6) is 4.65. The summed E-state index contributed by atoms with van der Waals surface area (Å²) in [6.45, 7) is 4.67. The maximum absolute atomic E-state index is 10.1. The minimum absolute atomic E-state index is 0.0477. The molecule has 3 aliphatic rings. The summed E-state index contributed by atoms with van der Waals surface area (Å²) in [6.07, 6.45) is 23.5. The van der Waals surface area contributed by atoms with E-state index in [4.69, 9.17) is 0 Å². The highest BCUT2D eigenvalue weighted by Crippen LogP contribution is 2.52. The van der Waals surface area contributed by atoms with E-state index in [0.29, 0.717) is 5.92 Å². The normalized spacial score (nSPS) is 40.4. The first-order valence-electron chi connectivity index (χ1n) is 12.6. The largest absolute Gasteiger partial charge is 0.198 e. The van der Waals surface area contributed by atoms with E-state index in [1.807, 2.05) is 0 Å². The molecule has 0 aliphatic heterocycles. The Morgan fingerprint density at radius 3 is 1.85 bits per heavy atom. The number of hydrogen-bond donors (Lipinski definition) is 0. The van der Waals surface area contributed by atoms with E-state index in [1.165, 1.54) is 109 Å². The summed E-state index contributed by atoms with van der Waals surface area (Å²) in [6, 6.07) is 2.88. The topological polar surface area (TPSA) is 23.8 Å². The van der Waals surface area contributed by atoms with Crippen LogP contribution in [-0.4, -0.2) is 0 Å². The van der Waals surface area contributed by atoms with Gasteiger partial charge in [0.05, 0.1) is 11.5 Å². The highest BCUT2D eigenvalue weighted by Gasteiger charge is 2.44. The summed E-state index contributed by atoms with van der Waals surface area (Å²) in [5, 5.41) is 10.1. The predicted octanol–water partition coefficient (Wildman–Crippen LogP) is 8.29. The predicted molar refractivity (Wildman–Crippen MR) is 115 cm³/mol. The molecule has 0 aromatic heterocycles. The zero-order valence-electron chi connectivity index (χ0n) is 18.4. The fourth-order valence-electron chi connectivity index (χ4n) is 6.99. The molecule has 3 fully saturated rings. The van der Waals surface area contributed by atoms with Gasteiger partial charge in [-0.3, -0.25) is 0 Å². The van der Waals surface area contributed by atoms with Crippen LogP contribution in [-0.2, 0) is 0 Å². The second-order valence-electron chi connectivity index (χ2n) is 10.5. The van der Waals surface area contributed by atoms with Gasteiger partial charge in [-0.15, -0.1) is 0 Å². The van der Waals surface area contributed by atoms with Gasteiger partial charge in [0, 0.05) is 0 Å². The smallest absolute Gasteiger partial charge is 0.0692 e. The van der Waals surface area contributed by atoms with Gasteiger partial charge in [-0.1, -0.05) is 58.8 Å². The van der Waals surface area contributed by atoms with Crippen molar-refractivity contribution in [1.82, 2.24) is 0 Å². The molecule has 0 radical (unpaired) electrons. The van der Waals surface area contributed by atoms with Crippen molar-refractivity contribution in [2.45, 2.75) is 123 Å². The molecule has 154 valence electrons. The third-order valence-electron chi connectivity index (χ3n) is 9.12. The molecule has 0 amide bonds. The molecule has 0 atom stereocenters. The van der Waals surface area contributed by atoms with Crippen LogP contribution in [0.25, 0.3) is 0 Å². The zero-order valence-corrected chi connectivity index (χ0v) is 18.4. The average Bonchev–Trinajstić information content (AvgIpc) is 2.75. The van der Waals surface area contributed by atoms with Gasteiger partial charge in [0.2, 0.25) is 0 Å². The van der Waals surface area contributed by atoms with Crippen molar-refractivity contribution in [3.05, 3.63) is 0 Å². The molecule has 0 aromatic carbocycles. The van der Waals surface area contributed by atoms with Gasteiger partial charge in [0.25, 0.3) is 0 Å². The van der Waals surface area contributed by atoms with Gasteiger partial charge < -0.3 is 0 Å². The SMILES string of the molecule is CCCCCC1CCC(C#N)(C2CCC(C3CCC(CC)CC3)CC2)CC1. The number of nitriles is 1. The fourth-order valence-corrected chi connectivity index (χ4v) is 6.99. The lowest BCUT2D eigenvalue weighted by atomic mass is 9.58. The van der Waals surface area contributed by atoms with Crippen LogP contribution in [0.3, 0.4) is 0 Å². The van der Waals surface area contributed by atoms with Crippen molar-refractivity contribution in [1.29, 1.82) is 5.26 Å². The number of nitrogens with zero attached hydrogens (tertiary/aromatic N) is 1. The first-order valence-corrected chi connectivity index (χ1v) is 12.6. The van der Waals surface area contributed by atoms with Crippen molar-refractivity contribution in [2.24, 2.45) is 35.0 Å². The third-order valence-corrected chi connectivity index (χ3v) is 9.12. The standard InChI is InChI=1S/C26H45N/c1-3-5-6-7-22-16-18-26(20-27,19-17-22)25-14-12-24(13-15-25)23-10-8-21(4-2)9-11-23/h21-25H,3-19H2,1-2H3. The van der Waals surface area contributed by atoms with Crippen molar-refractivity contribution < 1.29 is 0 Å². The average molecular weight is 372 g/mol. The van der Waals surface area contributed by atoms with E-state index in [1.54, 1.807) is 0 Å². The van der Waals surface area contributed by atoms with E-state index < -0.39 is 0 Å². The van der Waals surface area contributed by atoms with E-state index in [9.17, 15) is 5.26 Å². The summed E-state index contributed by atoms with van der Waals surface area (Å²) in [7, 11) is 0. The van der Waals surface area contributed by atoms with E-state index in [-0.39, 0.29) is 5.41 Å². The lowest BCUT2D eigenvalue weighted by Gasteiger charge is -2.45. The molecule has 3 aliphatic carbocycles. The van der Waals surface area contributed by atoms with Crippen molar-refractivity contribution in [3.8, 4) is 6.07 Å². The molecule has 0 spiro atoms. The Morgan fingerprint density at radius 1 is 0.741 bits per heavy atom. The van der Waals surface area contributed by atoms with Gasteiger partial charge in [0.15, 0.2) is 0 Å². The highest BCUT2D eigenvalue weighted by molar-refractivity contribution is 5.06. The van der Waals surface area contributed by atoms with Gasteiger partial charge >= 0.3 is 0 Å². The second kappa shape index (κ2) is 10.3. The van der Waals surface area contributed by atoms with Crippen LogP contribution >= 0.6 is 0 Å². The van der Waals surface area contributed by atoms with Crippen LogP contribution in [0, 0.1) is 46.3 Å². The molecular weight excluding hydrogens is 326 g/mol. The van der Waals surface area contributed by atoms with Gasteiger partial charge in [0.1, 0.15) is 0 Å². The molecule has 0 saturated heterocycles. The second-order valence-corrected chi connectivity index (χ2v) is 10.5. The van der Waals surface area contributed by atoms with E-state index >= 15 is 0 Å². The van der Waals surface area contributed by atoms with Crippen molar-refractivity contribution in [2.75, 3.05) is 0 Å².